The van der Waals surface area contributed by atoms with Crippen LogP contribution in [-0.2, 0) is 11.8 Å². The Kier molecular flexibility index (Phi) is 4.66. The number of anilines is 1. The van der Waals surface area contributed by atoms with Gasteiger partial charge in [-0.1, -0.05) is 29.8 Å². The highest BCUT2D eigenvalue weighted by Gasteiger charge is 2.41. The van der Waals surface area contributed by atoms with Gasteiger partial charge in [0.15, 0.2) is 0 Å². The maximum Gasteiger partial charge on any atom is 0.251 e. The summed E-state index contributed by atoms with van der Waals surface area (Å²) < 4.78 is 15.6. The molecule has 1 aliphatic heterocycles. The van der Waals surface area contributed by atoms with E-state index < -0.39 is 17.8 Å². The molecule has 0 fully saturated rings. The average Bonchev–Trinajstić information content (AvgIpc) is 2.95. The quantitative estimate of drug-likeness (QED) is 0.719. The Labute approximate surface area is 167 Å². The molecule has 2 unspecified atom stereocenters. The number of hydrogen-bond acceptors (Lipinski definition) is 3. The molecular weight excluding hydrogens is 371 g/mol. The number of hydrogen-bond donors (Lipinski definition) is 2. The number of rotatable bonds is 3. The molecule has 7 heteroatoms. The van der Waals surface area contributed by atoms with E-state index in [0.717, 1.165) is 11.1 Å². The van der Waals surface area contributed by atoms with Crippen LogP contribution in [0.5, 0.6) is 0 Å². The Hall–Kier alpha value is -3.48. The van der Waals surface area contributed by atoms with Gasteiger partial charge in [0.25, 0.3) is 5.91 Å². The van der Waals surface area contributed by atoms with E-state index in [4.69, 9.17) is 0 Å². The Morgan fingerprint density at radius 3 is 2.66 bits per heavy atom. The first kappa shape index (κ1) is 18.9. The molecule has 2 N–H and O–H groups in total. The molecular formula is C22H21FN4O2. The summed E-state index contributed by atoms with van der Waals surface area (Å²) in [7, 11) is 1.74. The smallest absolute Gasteiger partial charge is 0.251 e. The number of carbonyl (C=O) groups excluding carboxylic acids is 2. The van der Waals surface area contributed by atoms with Crippen molar-refractivity contribution in [1.29, 1.82) is 0 Å². The number of aromatic nitrogens is 2. The van der Waals surface area contributed by atoms with Gasteiger partial charge in [0, 0.05) is 24.1 Å². The zero-order valence-electron chi connectivity index (χ0n) is 16.4. The zero-order valence-corrected chi connectivity index (χ0v) is 16.4. The molecule has 148 valence electrons. The number of nitrogens with one attached hydrogen (secondary N) is 2. The fourth-order valence-electron chi connectivity index (χ4n) is 3.93. The highest BCUT2D eigenvalue weighted by Crippen LogP contribution is 2.39. The molecule has 2 amide bonds. The van der Waals surface area contributed by atoms with Gasteiger partial charge in [-0.25, -0.2) is 4.39 Å². The molecule has 0 saturated carbocycles. The van der Waals surface area contributed by atoms with Crippen LogP contribution >= 0.6 is 0 Å². The van der Waals surface area contributed by atoms with Gasteiger partial charge in [0.2, 0.25) is 5.91 Å². The van der Waals surface area contributed by atoms with E-state index in [2.05, 4.69) is 15.7 Å². The normalized spacial score (nSPS) is 18.1. The van der Waals surface area contributed by atoms with E-state index >= 15 is 0 Å². The van der Waals surface area contributed by atoms with Crippen molar-refractivity contribution < 1.29 is 14.0 Å². The Bertz CT molecular complexity index is 1120. The Balaban J connectivity index is 1.79. The minimum Gasteiger partial charge on any atom is -0.339 e. The van der Waals surface area contributed by atoms with Gasteiger partial charge in [-0.2, -0.15) is 5.10 Å². The molecule has 0 radical (unpaired) electrons. The number of fused-ring (bicyclic) bond motifs is 1. The predicted octanol–water partition coefficient (Wildman–Crippen LogP) is 3.06. The molecule has 2 atom stereocenters. The first-order chi connectivity index (χ1) is 13.8. The van der Waals surface area contributed by atoms with Crippen molar-refractivity contribution in [3.63, 3.8) is 0 Å². The van der Waals surface area contributed by atoms with Crippen LogP contribution in [-0.4, -0.2) is 27.6 Å². The molecule has 0 bridgehead atoms. The Morgan fingerprint density at radius 2 is 1.93 bits per heavy atom. The molecule has 6 nitrogen and oxygen atoms in total. The lowest BCUT2D eigenvalue weighted by atomic mass is 9.82. The van der Waals surface area contributed by atoms with Crippen molar-refractivity contribution in [2.24, 2.45) is 7.05 Å². The minimum atomic E-state index is -0.903. The van der Waals surface area contributed by atoms with Crippen LogP contribution in [0.15, 0.2) is 48.5 Å². The van der Waals surface area contributed by atoms with Crippen molar-refractivity contribution in [3.8, 4) is 0 Å². The number of benzene rings is 2. The highest BCUT2D eigenvalue weighted by molar-refractivity contribution is 6.03. The minimum absolute atomic E-state index is 0.361. The van der Waals surface area contributed by atoms with Crippen LogP contribution in [0.4, 0.5) is 10.2 Å². The van der Waals surface area contributed by atoms with Gasteiger partial charge in [-0.15, -0.1) is 0 Å². The third-order valence-electron chi connectivity index (χ3n) is 5.21. The second-order valence-corrected chi connectivity index (χ2v) is 7.31. The molecule has 0 aliphatic carbocycles. The topological polar surface area (TPSA) is 76.0 Å². The van der Waals surface area contributed by atoms with Crippen LogP contribution in [0, 0.1) is 19.7 Å². The molecule has 29 heavy (non-hydrogen) atoms. The van der Waals surface area contributed by atoms with Gasteiger partial charge in [-0.05, 0) is 43.7 Å². The summed E-state index contributed by atoms with van der Waals surface area (Å²) in [5.74, 6) is -1.13. The number of carbonyl (C=O) groups is 2. The maximum absolute atomic E-state index is 14.0. The Morgan fingerprint density at radius 1 is 1.17 bits per heavy atom. The third-order valence-corrected chi connectivity index (χ3v) is 5.21. The molecule has 4 rings (SSSR count). The largest absolute Gasteiger partial charge is 0.339 e. The summed E-state index contributed by atoms with van der Waals surface area (Å²) in [6, 6.07) is 12.3. The maximum atomic E-state index is 14.0. The number of aryl methyl sites for hydroxylation is 3. The van der Waals surface area contributed by atoms with E-state index in [1.54, 1.807) is 42.1 Å². The summed E-state index contributed by atoms with van der Waals surface area (Å²) in [6.07, 6.45) is 0. The van der Waals surface area contributed by atoms with Crippen molar-refractivity contribution in [2.45, 2.75) is 25.8 Å². The molecule has 1 aromatic heterocycles. The van der Waals surface area contributed by atoms with Crippen molar-refractivity contribution >= 4 is 17.6 Å². The standard InChI is InChI=1S/C22H21FN4O2/c1-12-6-4-8-15(10-12)21(28)24-19-18(14-7-5-9-16(23)11-14)17-13(2)26-27(3)20(17)25-22(19)29/h4-11,18-19H,1-3H3,(H,24,28)(H,25,29). The summed E-state index contributed by atoms with van der Waals surface area (Å²) >= 11 is 0. The lowest BCUT2D eigenvalue weighted by molar-refractivity contribution is -0.118. The second-order valence-electron chi connectivity index (χ2n) is 7.31. The number of nitrogens with zero attached hydrogens (tertiary/aromatic N) is 2. The SMILES string of the molecule is Cc1cccc(C(=O)NC2C(=O)Nc3c(c(C)nn3C)C2c2cccc(F)c2)c1. The molecule has 2 heterocycles. The lowest BCUT2D eigenvalue weighted by Crippen LogP contribution is -2.50. The van der Waals surface area contributed by atoms with Crippen LogP contribution in [0.25, 0.3) is 0 Å². The van der Waals surface area contributed by atoms with Crippen LogP contribution in [0.2, 0.25) is 0 Å². The molecule has 0 spiro atoms. The van der Waals surface area contributed by atoms with Gasteiger partial charge in [-0.3, -0.25) is 14.3 Å². The van der Waals surface area contributed by atoms with Crippen LogP contribution in [0.3, 0.4) is 0 Å². The summed E-state index contributed by atoms with van der Waals surface area (Å²) in [6.45, 7) is 3.73. The van der Waals surface area contributed by atoms with E-state index in [1.165, 1.54) is 12.1 Å². The van der Waals surface area contributed by atoms with Gasteiger partial charge < -0.3 is 10.6 Å². The zero-order chi connectivity index (χ0) is 20.7. The fraction of sp³-hybridized carbons (Fsp3) is 0.227. The third kappa shape index (κ3) is 3.40. The van der Waals surface area contributed by atoms with E-state index in [0.29, 0.717) is 22.6 Å². The number of amides is 2. The van der Waals surface area contributed by atoms with Crippen molar-refractivity contribution in [1.82, 2.24) is 15.1 Å². The van der Waals surface area contributed by atoms with Crippen molar-refractivity contribution in [2.75, 3.05) is 5.32 Å². The van der Waals surface area contributed by atoms with Crippen molar-refractivity contribution in [3.05, 3.63) is 82.3 Å². The summed E-state index contributed by atoms with van der Waals surface area (Å²) in [4.78, 5) is 25.8. The monoisotopic (exact) mass is 392 g/mol. The van der Waals surface area contributed by atoms with Gasteiger partial charge in [0.05, 0.1) is 5.69 Å². The van der Waals surface area contributed by atoms with Gasteiger partial charge >= 0.3 is 0 Å². The first-order valence-corrected chi connectivity index (χ1v) is 9.32. The molecule has 2 aromatic carbocycles. The van der Waals surface area contributed by atoms with E-state index in [9.17, 15) is 14.0 Å². The molecule has 1 aliphatic rings. The van der Waals surface area contributed by atoms with Gasteiger partial charge in [0.1, 0.15) is 17.7 Å². The number of halogens is 1. The van der Waals surface area contributed by atoms with E-state index in [-0.39, 0.29) is 11.8 Å². The molecule has 0 saturated heterocycles. The second kappa shape index (κ2) is 7.16. The summed E-state index contributed by atoms with van der Waals surface area (Å²) in [5, 5.41) is 10.1. The fourth-order valence-corrected chi connectivity index (χ4v) is 3.93. The van der Waals surface area contributed by atoms with E-state index in [1.807, 2.05) is 19.9 Å². The first-order valence-electron chi connectivity index (χ1n) is 9.32. The van der Waals surface area contributed by atoms with Crippen LogP contribution in [0.1, 0.15) is 38.7 Å². The predicted molar refractivity (Wildman–Crippen MR) is 107 cm³/mol. The lowest BCUT2D eigenvalue weighted by Gasteiger charge is -2.32. The summed E-state index contributed by atoms with van der Waals surface area (Å²) in [5.41, 5.74) is 3.49. The van der Waals surface area contributed by atoms with Crippen LogP contribution < -0.4 is 10.6 Å². The highest BCUT2D eigenvalue weighted by atomic mass is 19.1. The average molecular weight is 392 g/mol. The molecule has 3 aromatic rings.